The summed E-state index contributed by atoms with van der Waals surface area (Å²) >= 11 is 0. The van der Waals surface area contributed by atoms with Crippen LogP contribution in [0, 0.1) is 5.41 Å². The lowest BCUT2D eigenvalue weighted by molar-refractivity contribution is 1.31. The van der Waals surface area contributed by atoms with E-state index < -0.39 is 0 Å². The number of hydrogen-bond donors (Lipinski definition) is 2. The summed E-state index contributed by atoms with van der Waals surface area (Å²) in [5.74, 6) is 0.113. The molecule has 0 fully saturated rings. The minimum Gasteiger partial charge on any atom is -0.384 e. The Labute approximate surface area is 89.6 Å². The second-order valence-corrected chi connectivity index (χ2v) is 3.65. The molecule has 15 heavy (non-hydrogen) atoms. The molecule has 0 heterocycles. The van der Waals surface area contributed by atoms with E-state index in [4.69, 9.17) is 11.1 Å². The molecule has 0 amide bonds. The predicted octanol–water partition coefficient (Wildman–Crippen LogP) is 2.51. The number of nitrogens with two attached hydrogens (primary N) is 1. The summed E-state index contributed by atoms with van der Waals surface area (Å²) in [6.45, 7) is 0. The first-order chi connectivity index (χ1) is 7.27. The summed E-state index contributed by atoms with van der Waals surface area (Å²) in [7, 11) is 0. The van der Waals surface area contributed by atoms with Crippen LogP contribution >= 0.6 is 0 Å². The first kappa shape index (κ1) is 9.71. The number of allylic oxidation sites excluding steroid dienone is 3. The number of amidine groups is 1. The second-order valence-electron chi connectivity index (χ2n) is 3.65. The molecule has 0 spiro atoms. The average molecular weight is 198 g/mol. The van der Waals surface area contributed by atoms with Crippen LogP contribution in [0.1, 0.15) is 17.5 Å². The second kappa shape index (κ2) is 4.13. The summed E-state index contributed by atoms with van der Waals surface area (Å²) in [5.41, 5.74) is 9.32. The summed E-state index contributed by atoms with van der Waals surface area (Å²) in [6.07, 6.45) is 7.71. The van der Waals surface area contributed by atoms with Crippen LogP contribution < -0.4 is 5.73 Å². The molecule has 2 rings (SSSR count). The van der Waals surface area contributed by atoms with E-state index in [1.807, 2.05) is 6.08 Å². The van der Waals surface area contributed by atoms with Gasteiger partial charge in [0.1, 0.15) is 5.84 Å². The minimum absolute atomic E-state index is 0.113. The molecule has 1 aromatic carbocycles. The van der Waals surface area contributed by atoms with Gasteiger partial charge in [-0.25, -0.2) is 0 Å². The summed E-state index contributed by atoms with van der Waals surface area (Å²) in [5, 5.41) is 7.08. The summed E-state index contributed by atoms with van der Waals surface area (Å²) in [4.78, 5) is 0. The van der Waals surface area contributed by atoms with Gasteiger partial charge in [-0.15, -0.1) is 0 Å². The molecule has 1 aliphatic carbocycles. The fourth-order valence-electron chi connectivity index (χ4n) is 1.86. The largest absolute Gasteiger partial charge is 0.384 e. The smallest absolute Gasteiger partial charge is 0.114 e. The Balaban J connectivity index is 2.11. The molecule has 76 valence electrons. The van der Waals surface area contributed by atoms with E-state index in [2.05, 4.69) is 30.3 Å². The van der Waals surface area contributed by atoms with Crippen LogP contribution in [0.5, 0.6) is 0 Å². The Kier molecular flexibility index (Phi) is 2.68. The number of nitrogens with one attached hydrogen (secondary N) is 1. The van der Waals surface area contributed by atoms with Crippen LogP contribution in [0.2, 0.25) is 0 Å². The third-order valence-corrected chi connectivity index (χ3v) is 2.57. The van der Waals surface area contributed by atoms with Crippen LogP contribution in [-0.4, -0.2) is 5.84 Å². The lowest BCUT2D eigenvalue weighted by Gasteiger charge is -2.01. The van der Waals surface area contributed by atoms with E-state index in [-0.39, 0.29) is 5.84 Å². The van der Waals surface area contributed by atoms with Crippen LogP contribution in [0.25, 0.3) is 5.57 Å². The van der Waals surface area contributed by atoms with Gasteiger partial charge in [0, 0.05) is 0 Å². The Bertz CT molecular complexity index is 442. The van der Waals surface area contributed by atoms with Crippen molar-refractivity contribution < 1.29 is 0 Å². The molecule has 0 atom stereocenters. The zero-order chi connectivity index (χ0) is 10.7. The van der Waals surface area contributed by atoms with Gasteiger partial charge in [0.25, 0.3) is 0 Å². The Hall–Kier alpha value is -1.83. The topological polar surface area (TPSA) is 49.9 Å². The van der Waals surface area contributed by atoms with Gasteiger partial charge in [-0.2, -0.15) is 0 Å². The minimum atomic E-state index is 0.113. The highest BCUT2D eigenvalue weighted by Gasteiger charge is 2.10. The molecular weight excluding hydrogens is 184 g/mol. The lowest BCUT2D eigenvalue weighted by Crippen LogP contribution is -2.04. The molecule has 0 aliphatic heterocycles. The zero-order valence-electron chi connectivity index (χ0n) is 8.53. The molecular formula is C13H14N2. The fraction of sp³-hybridized carbons (Fsp3) is 0.154. The SMILES string of the molecule is N=C(N)/C=C/CC1=CCc2ccccc21. The maximum Gasteiger partial charge on any atom is 0.114 e. The van der Waals surface area contributed by atoms with E-state index >= 15 is 0 Å². The van der Waals surface area contributed by atoms with Crippen LogP contribution in [0.15, 0.2) is 42.5 Å². The van der Waals surface area contributed by atoms with Gasteiger partial charge in [0.2, 0.25) is 0 Å². The third-order valence-electron chi connectivity index (χ3n) is 2.57. The maximum atomic E-state index is 7.08. The zero-order valence-corrected chi connectivity index (χ0v) is 8.53. The van der Waals surface area contributed by atoms with E-state index in [0.29, 0.717) is 0 Å². The Morgan fingerprint density at radius 2 is 2.20 bits per heavy atom. The van der Waals surface area contributed by atoms with Gasteiger partial charge in [-0.05, 0) is 35.6 Å². The molecule has 0 saturated carbocycles. The van der Waals surface area contributed by atoms with Crippen molar-refractivity contribution in [2.45, 2.75) is 12.8 Å². The van der Waals surface area contributed by atoms with Gasteiger partial charge in [-0.3, -0.25) is 5.41 Å². The van der Waals surface area contributed by atoms with Crippen LogP contribution in [-0.2, 0) is 6.42 Å². The Morgan fingerprint density at radius 1 is 1.40 bits per heavy atom. The summed E-state index contributed by atoms with van der Waals surface area (Å²) < 4.78 is 0. The standard InChI is InChI=1S/C13H14N2/c14-13(15)7-3-5-11-9-8-10-4-1-2-6-12(10)11/h1-4,6-7,9H,5,8H2,(H3,14,15)/b7-3+. The fourth-order valence-corrected chi connectivity index (χ4v) is 1.86. The first-order valence-electron chi connectivity index (χ1n) is 5.05. The molecule has 0 saturated heterocycles. The molecule has 0 aromatic heterocycles. The van der Waals surface area contributed by atoms with Crippen molar-refractivity contribution in [2.24, 2.45) is 5.73 Å². The average Bonchev–Trinajstić information content (AvgIpc) is 2.62. The van der Waals surface area contributed by atoms with Crippen molar-refractivity contribution >= 4 is 11.4 Å². The Morgan fingerprint density at radius 3 is 3.00 bits per heavy atom. The molecule has 0 radical (unpaired) electrons. The quantitative estimate of drug-likeness (QED) is 0.569. The highest BCUT2D eigenvalue weighted by molar-refractivity contribution is 5.88. The van der Waals surface area contributed by atoms with Gasteiger partial charge in [-0.1, -0.05) is 36.4 Å². The number of benzene rings is 1. The van der Waals surface area contributed by atoms with Gasteiger partial charge >= 0.3 is 0 Å². The molecule has 2 heteroatoms. The van der Waals surface area contributed by atoms with Crippen molar-refractivity contribution in [3.8, 4) is 0 Å². The molecule has 0 unspecified atom stereocenters. The van der Waals surface area contributed by atoms with E-state index in [9.17, 15) is 0 Å². The van der Waals surface area contributed by atoms with Crippen molar-refractivity contribution in [1.29, 1.82) is 5.41 Å². The molecule has 3 N–H and O–H groups in total. The number of fused-ring (bicyclic) bond motifs is 1. The molecule has 1 aromatic rings. The van der Waals surface area contributed by atoms with Crippen LogP contribution in [0.3, 0.4) is 0 Å². The normalized spacial score (nSPS) is 14.0. The molecule has 2 nitrogen and oxygen atoms in total. The highest BCUT2D eigenvalue weighted by atomic mass is 14.7. The number of rotatable bonds is 3. The monoisotopic (exact) mass is 198 g/mol. The van der Waals surface area contributed by atoms with Crippen molar-refractivity contribution in [3.05, 3.63) is 53.6 Å². The highest BCUT2D eigenvalue weighted by Crippen LogP contribution is 2.29. The van der Waals surface area contributed by atoms with Gasteiger partial charge < -0.3 is 5.73 Å². The predicted molar refractivity (Wildman–Crippen MR) is 63.8 cm³/mol. The van der Waals surface area contributed by atoms with E-state index in [1.165, 1.54) is 16.7 Å². The van der Waals surface area contributed by atoms with Gasteiger partial charge in [0.15, 0.2) is 0 Å². The lowest BCUT2D eigenvalue weighted by atomic mass is 10.0. The van der Waals surface area contributed by atoms with E-state index in [0.717, 1.165) is 12.8 Å². The van der Waals surface area contributed by atoms with E-state index in [1.54, 1.807) is 6.08 Å². The summed E-state index contributed by atoms with van der Waals surface area (Å²) in [6, 6.07) is 8.44. The molecule has 1 aliphatic rings. The van der Waals surface area contributed by atoms with Crippen molar-refractivity contribution in [3.63, 3.8) is 0 Å². The number of hydrogen-bond acceptors (Lipinski definition) is 1. The molecule has 0 bridgehead atoms. The first-order valence-corrected chi connectivity index (χ1v) is 5.05. The van der Waals surface area contributed by atoms with Crippen molar-refractivity contribution in [2.75, 3.05) is 0 Å². The third kappa shape index (κ3) is 2.15. The van der Waals surface area contributed by atoms with Gasteiger partial charge in [0.05, 0.1) is 0 Å². The van der Waals surface area contributed by atoms with Crippen LogP contribution in [0.4, 0.5) is 0 Å². The maximum absolute atomic E-state index is 7.08. The van der Waals surface area contributed by atoms with Crippen molar-refractivity contribution in [1.82, 2.24) is 0 Å².